The Morgan fingerprint density at radius 2 is 1.79 bits per heavy atom. The van der Waals surface area contributed by atoms with Gasteiger partial charge in [0, 0.05) is 17.0 Å². The van der Waals surface area contributed by atoms with E-state index < -0.39 is 22.3 Å². The normalized spacial score (nSPS) is 16.4. The van der Waals surface area contributed by atoms with E-state index in [-0.39, 0.29) is 18.7 Å². The maximum absolute atomic E-state index is 12.5. The van der Waals surface area contributed by atoms with E-state index in [0.29, 0.717) is 21.3 Å². The Kier molecular flexibility index (Phi) is 6.39. The van der Waals surface area contributed by atoms with Gasteiger partial charge in [0.25, 0.3) is 5.24 Å². The minimum absolute atomic E-state index is 0.228. The van der Waals surface area contributed by atoms with Crippen LogP contribution in [0.2, 0.25) is 10.0 Å². The molecule has 0 bridgehead atoms. The van der Waals surface area contributed by atoms with Crippen LogP contribution in [0.4, 0.5) is 10.5 Å². The molecule has 1 N–H and O–H groups in total. The van der Waals surface area contributed by atoms with Crippen molar-refractivity contribution in [1.82, 2.24) is 4.90 Å². The van der Waals surface area contributed by atoms with E-state index in [1.807, 2.05) is 0 Å². The lowest BCUT2D eigenvalue weighted by atomic mass is 10.1. The number of anilines is 1. The molecule has 0 spiro atoms. The summed E-state index contributed by atoms with van der Waals surface area (Å²) in [6.45, 7) is -0.354. The van der Waals surface area contributed by atoms with E-state index in [4.69, 9.17) is 23.2 Å². The molecule has 9 heteroatoms. The zero-order valence-electron chi connectivity index (χ0n) is 14.4. The van der Waals surface area contributed by atoms with Crippen molar-refractivity contribution in [1.29, 1.82) is 0 Å². The molecule has 6 nitrogen and oxygen atoms in total. The van der Waals surface area contributed by atoms with Crippen molar-refractivity contribution >= 4 is 63.5 Å². The number of amides is 3. The van der Waals surface area contributed by atoms with E-state index in [2.05, 4.69) is 5.32 Å². The lowest BCUT2D eigenvalue weighted by molar-refractivity contribution is -0.128. The van der Waals surface area contributed by atoms with Crippen LogP contribution in [0.25, 0.3) is 0 Å². The molecule has 2 aromatic carbocycles. The van der Waals surface area contributed by atoms with Gasteiger partial charge in [-0.3, -0.25) is 24.1 Å². The van der Waals surface area contributed by atoms with Crippen LogP contribution in [0.3, 0.4) is 0 Å². The predicted octanol–water partition coefficient (Wildman–Crippen LogP) is 4.27. The highest BCUT2D eigenvalue weighted by Crippen LogP contribution is 2.31. The molecule has 0 unspecified atom stereocenters. The summed E-state index contributed by atoms with van der Waals surface area (Å²) >= 11 is 12.6. The summed E-state index contributed by atoms with van der Waals surface area (Å²) in [5.41, 5.74) is 0.724. The van der Waals surface area contributed by atoms with Crippen molar-refractivity contribution in [3.63, 3.8) is 0 Å². The van der Waals surface area contributed by atoms with Crippen molar-refractivity contribution in [2.75, 3.05) is 11.9 Å². The molecule has 1 saturated heterocycles. The molecule has 0 aliphatic carbocycles. The van der Waals surface area contributed by atoms with E-state index in [1.165, 1.54) is 12.1 Å². The standard InChI is InChI=1S/C19H14Cl2N2O4S/c20-12-6-7-13(21)14(8-12)22-17(25)9-16-18(26)23(19(27)28-16)10-15(24)11-4-2-1-3-5-11/h1-8,16H,9-10H2,(H,22,25)/t16-/m1/s1. The fraction of sp³-hybridized carbons (Fsp3) is 0.158. The zero-order valence-corrected chi connectivity index (χ0v) is 16.7. The summed E-state index contributed by atoms with van der Waals surface area (Å²) in [7, 11) is 0. The second-order valence-corrected chi connectivity index (χ2v) is 7.96. The summed E-state index contributed by atoms with van der Waals surface area (Å²) in [6, 6.07) is 13.0. The summed E-state index contributed by atoms with van der Waals surface area (Å²) in [6.07, 6.45) is -0.228. The van der Waals surface area contributed by atoms with Crippen LogP contribution in [0.15, 0.2) is 48.5 Å². The lowest BCUT2D eigenvalue weighted by Crippen LogP contribution is -2.36. The number of halogens is 2. The van der Waals surface area contributed by atoms with E-state index >= 15 is 0 Å². The van der Waals surface area contributed by atoms with E-state index in [1.54, 1.807) is 36.4 Å². The van der Waals surface area contributed by atoms with E-state index in [0.717, 1.165) is 16.7 Å². The van der Waals surface area contributed by atoms with Crippen molar-refractivity contribution in [2.24, 2.45) is 0 Å². The highest BCUT2D eigenvalue weighted by molar-refractivity contribution is 8.15. The minimum atomic E-state index is -0.894. The first-order valence-corrected chi connectivity index (χ1v) is 9.84. The third-order valence-corrected chi connectivity index (χ3v) is 5.62. The van der Waals surface area contributed by atoms with Gasteiger partial charge in [0.2, 0.25) is 11.8 Å². The molecule has 1 atom stereocenters. The van der Waals surface area contributed by atoms with E-state index in [9.17, 15) is 19.2 Å². The Balaban J connectivity index is 1.62. The molecule has 1 heterocycles. The Morgan fingerprint density at radius 3 is 2.50 bits per heavy atom. The number of nitrogens with zero attached hydrogens (tertiary/aromatic N) is 1. The molecule has 2 aromatic rings. The first-order chi connectivity index (χ1) is 13.3. The Morgan fingerprint density at radius 1 is 1.07 bits per heavy atom. The average molecular weight is 437 g/mol. The number of carbonyl (C=O) groups is 4. The topological polar surface area (TPSA) is 83.6 Å². The summed E-state index contributed by atoms with van der Waals surface area (Å²) < 4.78 is 0. The Bertz CT molecular complexity index is 952. The van der Waals surface area contributed by atoms with Gasteiger partial charge in [0.15, 0.2) is 5.78 Å². The third-order valence-electron chi connectivity index (χ3n) is 3.98. The van der Waals surface area contributed by atoms with Gasteiger partial charge in [-0.1, -0.05) is 65.3 Å². The van der Waals surface area contributed by atoms with Gasteiger partial charge in [0.05, 0.1) is 17.3 Å². The molecule has 0 aromatic heterocycles. The highest BCUT2D eigenvalue weighted by atomic mass is 35.5. The highest BCUT2D eigenvalue weighted by Gasteiger charge is 2.41. The van der Waals surface area contributed by atoms with Crippen LogP contribution in [0, 0.1) is 0 Å². The number of ketones is 1. The molecule has 0 saturated carbocycles. The molecule has 3 rings (SSSR count). The van der Waals surface area contributed by atoms with Crippen LogP contribution in [0.1, 0.15) is 16.8 Å². The summed E-state index contributed by atoms with van der Waals surface area (Å²) in [4.78, 5) is 50.1. The van der Waals surface area contributed by atoms with Gasteiger partial charge in [-0.25, -0.2) is 0 Å². The summed E-state index contributed by atoms with van der Waals surface area (Å²) in [5.74, 6) is -1.40. The van der Waals surface area contributed by atoms with Gasteiger partial charge in [-0.15, -0.1) is 0 Å². The maximum atomic E-state index is 12.5. The van der Waals surface area contributed by atoms with Gasteiger partial charge in [-0.2, -0.15) is 0 Å². The Labute approximate surface area is 175 Å². The Hall–Kier alpha value is -2.35. The van der Waals surface area contributed by atoms with Crippen LogP contribution >= 0.6 is 35.0 Å². The number of Topliss-reactive ketones (excluding diaryl/α,β-unsaturated/α-hetero) is 1. The summed E-state index contributed by atoms with van der Waals surface area (Å²) in [5, 5.41) is 1.83. The van der Waals surface area contributed by atoms with Crippen LogP contribution < -0.4 is 5.32 Å². The zero-order chi connectivity index (χ0) is 20.3. The van der Waals surface area contributed by atoms with Gasteiger partial charge in [-0.05, 0) is 18.2 Å². The molecule has 1 aliphatic rings. The van der Waals surface area contributed by atoms with Crippen LogP contribution in [-0.2, 0) is 9.59 Å². The first kappa shape index (κ1) is 20.4. The predicted molar refractivity (Wildman–Crippen MR) is 109 cm³/mol. The van der Waals surface area contributed by atoms with Gasteiger partial charge in [0.1, 0.15) is 5.25 Å². The molecule has 0 radical (unpaired) electrons. The second-order valence-electron chi connectivity index (χ2n) is 5.96. The molecular weight excluding hydrogens is 423 g/mol. The fourth-order valence-corrected chi connectivity index (χ4v) is 3.92. The smallest absolute Gasteiger partial charge is 0.289 e. The van der Waals surface area contributed by atoms with Crippen molar-refractivity contribution < 1.29 is 19.2 Å². The number of benzene rings is 2. The molecular formula is C19H14Cl2N2O4S. The van der Waals surface area contributed by atoms with Crippen molar-refractivity contribution in [2.45, 2.75) is 11.7 Å². The first-order valence-electron chi connectivity index (χ1n) is 8.20. The molecule has 1 fully saturated rings. The third kappa shape index (κ3) is 4.73. The maximum Gasteiger partial charge on any atom is 0.289 e. The van der Waals surface area contributed by atoms with Crippen LogP contribution in [-0.4, -0.2) is 39.5 Å². The molecule has 3 amide bonds. The molecule has 144 valence electrons. The number of hydrogen-bond acceptors (Lipinski definition) is 5. The quantitative estimate of drug-likeness (QED) is 0.683. The lowest BCUT2D eigenvalue weighted by Gasteiger charge is -2.13. The van der Waals surface area contributed by atoms with Gasteiger partial charge < -0.3 is 5.32 Å². The second kappa shape index (κ2) is 8.77. The van der Waals surface area contributed by atoms with Crippen molar-refractivity contribution in [3.8, 4) is 0 Å². The number of carbonyl (C=O) groups excluding carboxylic acids is 4. The SMILES string of the molecule is O=C(C[C@H]1SC(=O)N(CC(=O)c2ccccc2)C1=O)Nc1cc(Cl)ccc1Cl. The average Bonchev–Trinajstić information content (AvgIpc) is 2.92. The minimum Gasteiger partial charge on any atom is -0.325 e. The monoisotopic (exact) mass is 436 g/mol. The van der Waals surface area contributed by atoms with Crippen molar-refractivity contribution in [3.05, 3.63) is 64.1 Å². The number of hydrogen-bond donors (Lipinski definition) is 1. The molecule has 1 aliphatic heterocycles. The molecule has 28 heavy (non-hydrogen) atoms. The number of rotatable bonds is 6. The fourth-order valence-electron chi connectivity index (χ4n) is 2.59. The van der Waals surface area contributed by atoms with Gasteiger partial charge >= 0.3 is 0 Å². The largest absolute Gasteiger partial charge is 0.325 e. The number of nitrogens with one attached hydrogen (secondary N) is 1. The number of imide groups is 1. The van der Waals surface area contributed by atoms with Crippen LogP contribution in [0.5, 0.6) is 0 Å². The number of thioether (sulfide) groups is 1.